The molecular formula is C21H17Cl2FN2O3S. The molecule has 0 spiro atoms. The van der Waals surface area contributed by atoms with Crippen LogP contribution in [0.2, 0.25) is 10.0 Å². The van der Waals surface area contributed by atoms with Crippen LogP contribution in [-0.2, 0) is 21.4 Å². The van der Waals surface area contributed by atoms with Crippen molar-refractivity contribution in [1.29, 1.82) is 0 Å². The molecule has 0 aliphatic carbocycles. The van der Waals surface area contributed by atoms with Gasteiger partial charge in [-0.1, -0.05) is 59.6 Å². The van der Waals surface area contributed by atoms with Gasteiger partial charge in [0.15, 0.2) is 0 Å². The van der Waals surface area contributed by atoms with Crippen molar-refractivity contribution in [2.75, 3.05) is 0 Å². The standard InChI is InChI=1S/C21H17Cl2FN2O3S/c22-16-7-10-18(11-8-16)30(28,29)26(13-15-6-9-17(24)12-19(15)23)20(21(25)27)14-4-2-1-3-5-14/h1-12,20H,13H2,(H2,25,27). The molecule has 3 aromatic rings. The number of hydrogen-bond donors (Lipinski definition) is 1. The molecule has 0 saturated carbocycles. The van der Waals surface area contributed by atoms with Gasteiger partial charge in [-0.25, -0.2) is 12.8 Å². The molecule has 0 aliphatic rings. The summed E-state index contributed by atoms with van der Waals surface area (Å²) in [5, 5.41) is 0.388. The summed E-state index contributed by atoms with van der Waals surface area (Å²) < 4.78 is 41.4. The first kappa shape index (κ1) is 22.2. The Hall–Kier alpha value is -2.45. The van der Waals surface area contributed by atoms with E-state index in [2.05, 4.69) is 0 Å². The Morgan fingerprint density at radius 1 is 1.00 bits per heavy atom. The van der Waals surface area contributed by atoms with Crippen molar-refractivity contribution in [2.45, 2.75) is 17.5 Å². The summed E-state index contributed by atoms with van der Waals surface area (Å²) in [7, 11) is -4.21. The second kappa shape index (κ2) is 9.14. The highest BCUT2D eigenvalue weighted by Crippen LogP contribution is 2.32. The number of halogens is 3. The topological polar surface area (TPSA) is 80.5 Å². The molecular weight excluding hydrogens is 450 g/mol. The molecule has 3 rings (SSSR count). The molecule has 0 radical (unpaired) electrons. The highest BCUT2D eigenvalue weighted by Gasteiger charge is 2.36. The van der Waals surface area contributed by atoms with Gasteiger partial charge >= 0.3 is 0 Å². The van der Waals surface area contributed by atoms with E-state index in [-0.39, 0.29) is 16.5 Å². The lowest BCUT2D eigenvalue weighted by Crippen LogP contribution is -2.41. The van der Waals surface area contributed by atoms with Gasteiger partial charge in [-0.05, 0) is 47.5 Å². The van der Waals surface area contributed by atoms with E-state index in [1.165, 1.54) is 30.3 Å². The third-order valence-electron chi connectivity index (χ3n) is 4.43. The van der Waals surface area contributed by atoms with E-state index in [0.717, 1.165) is 16.4 Å². The first-order valence-corrected chi connectivity index (χ1v) is 11.0. The van der Waals surface area contributed by atoms with Crippen molar-refractivity contribution >= 4 is 39.1 Å². The zero-order valence-electron chi connectivity index (χ0n) is 15.5. The molecule has 0 aromatic heterocycles. The normalized spacial score (nSPS) is 12.7. The van der Waals surface area contributed by atoms with E-state index in [9.17, 15) is 17.6 Å². The lowest BCUT2D eigenvalue weighted by Gasteiger charge is -2.29. The summed E-state index contributed by atoms with van der Waals surface area (Å²) in [6.45, 7) is -0.299. The number of rotatable bonds is 7. The Kier molecular flexibility index (Phi) is 6.77. The fourth-order valence-electron chi connectivity index (χ4n) is 2.98. The second-order valence-electron chi connectivity index (χ2n) is 6.46. The van der Waals surface area contributed by atoms with Gasteiger partial charge in [0.05, 0.1) is 4.90 Å². The third kappa shape index (κ3) is 4.82. The Labute approximate surface area is 183 Å². The highest BCUT2D eigenvalue weighted by molar-refractivity contribution is 7.89. The van der Waals surface area contributed by atoms with Gasteiger partial charge in [0.25, 0.3) is 0 Å². The minimum atomic E-state index is -4.21. The fourth-order valence-corrected chi connectivity index (χ4v) is 4.90. The molecule has 0 heterocycles. The summed E-state index contributed by atoms with van der Waals surface area (Å²) in [5.74, 6) is -1.43. The summed E-state index contributed by atoms with van der Waals surface area (Å²) in [5.41, 5.74) is 6.33. The van der Waals surface area contributed by atoms with Gasteiger partial charge in [0, 0.05) is 16.6 Å². The Balaban J connectivity index is 2.16. The summed E-state index contributed by atoms with van der Waals surface area (Å²) >= 11 is 12.0. The van der Waals surface area contributed by atoms with Crippen molar-refractivity contribution in [2.24, 2.45) is 5.73 Å². The zero-order valence-corrected chi connectivity index (χ0v) is 17.8. The number of hydrogen-bond acceptors (Lipinski definition) is 3. The average Bonchev–Trinajstić information content (AvgIpc) is 2.70. The molecule has 3 aromatic carbocycles. The Morgan fingerprint density at radius 3 is 2.20 bits per heavy atom. The van der Waals surface area contributed by atoms with Crippen LogP contribution in [0.5, 0.6) is 0 Å². The first-order chi connectivity index (χ1) is 14.2. The van der Waals surface area contributed by atoms with Crippen molar-refractivity contribution in [1.82, 2.24) is 4.31 Å². The fraction of sp³-hybridized carbons (Fsp3) is 0.0952. The van der Waals surface area contributed by atoms with Crippen LogP contribution < -0.4 is 5.73 Å². The number of carbonyl (C=O) groups excluding carboxylic acids is 1. The molecule has 0 aliphatic heterocycles. The molecule has 0 fully saturated rings. The van der Waals surface area contributed by atoms with Crippen LogP contribution >= 0.6 is 23.2 Å². The van der Waals surface area contributed by atoms with Crippen molar-refractivity contribution in [3.8, 4) is 0 Å². The van der Waals surface area contributed by atoms with Crippen molar-refractivity contribution in [3.05, 3.63) is 99.8 Å². The number of amides is 1. The van der Waals surface area contributed by atoms with Crippen LogP contribution in [0.15, 0.2) is 77.7 Å². The van der Waals surface area contributed by atoms with E-state index in [1.54, 1.807) is 30.3 Å². The van der Waals surface area contributed by atoms with Gasteiger partial charge < -0.3 is 5.73 Å². The second-order valence-corrected chi connectivity index (χ2v) is 9.19. The van der Waals surface area contributed by atoms with Crippen molar-refractivity contribution < 1.29 is 17.6 Å². The molecule has 9 heteroatoms. The lowest BCUT2D eigenvalue weighted by molar-refractivity contribution is -0.122. The molecule has 1 amide bonds. The smallest absolute Gasteiger partial charge is 0.244 e. The molecule has 5 nitrogen and oxygen atoms in total. The Bertz CT molecular complexity index is 1160. The van der Waals surface area contributed by atoms with Crippen LogP contribution in [-0.4, -0.2) is 18.6 Å². The number of nitrogens with two attached hydrogens (primary N) is 1. The van der Waals surface area contributed by atoms with Crippen LogP contribution in [0.1, 0.15) is 17.2 Å². The lowest BCUT2D eigenvalue weighted by atomic mass is 10.1. The van der Waals surface area contributed by atoms with E-state index < -0.39 is 27.8 Å². The number of benzene rings is 3. The maximum atomic E-state index is 13.5. The minimum absolute atomic E-state index is 0.0302. The van der Waals surface area contributed by atoms with Crippen LogP contribution in [0, 0.1) is 5.82 Å². The van der Waals surface area contributed by atoms with Gasteiger partial charge in [-0.3, -0.25) is 4.79 Å². The maximum Gasteiger partial charge on any atom is 0.244 e. The van der Waals surface area contributed by atoms with Gasteiger partial charge in [-0.15, -0.1) is 0 Å². The molecule has 2 N–H and O–H groups in total. The molecule has 1 unspecified atom stereocenters. The molecule has 1 atom stereocenters. The summed E-state index contributed by atoms with van der Waals surface area (Å²) in [4.78, 5) is 12.3. The average molecular weight is 467 g/mol. The quantitative estimate of drug-likeness (QED) is 0.554. The molecule has 30 heavy (non-hydrogen) atoms. The molecule has 0 bridgehead atoms. The third-order valence-corrected chi connectivity index (χ3v) is 6.86. The SMILES string of the molecule is NC(=O)C(c1ccccc1)N(Cc1ccc(F)cc1Cl)S(=O)(=O)c1ccc(Cl)cc1. The molecule has 156 valence electrons. The zero-order chi connectivity index (χ0) is 21.9. The first-order valence-electron chi connectivity index (χ1n) is 8.76. The van der Waals surface area contributed by atoms with Gasteiger partial charge in [-0.2, -0.15) is 4.31 Å². The van der Waals surface area contributed by atoms with Gasteiger partial charge in [0.1, 0.15) is 11.9 Å². The van der Waals surface area contributed by atoms with Crippen LogP contribution in [0.3, 0.4) is 0 Å². The number of sulfonamides is 1. The number of primary amides is 1. The number of carbonyl (C=O) groups is 1. The predicted molar refractivity (Wildman–Crippen MR) is 114 cm³/mol. The minimum Gasteiger partial charge on any atom is -0.368 e. The predicted octanol–water partition coefficient (Wildman–Crippen LogP) is 4.55. The summed E-state index contributed by atoms with van der Waals surface area (Å²) in [6, 6.07) is 16.1. The van der Waals surface area contributed by atoms with E-state index >= 15 is 0 Å². The van der Waals surface area contributed by atoms with E-state index in [0.29, 0.717) is 16.1 Å². The van der Waals surface area contributed by atoms with Crippen LogP contribution in [0.4, 0.5) is 4.39 Å². The van der Waals surface area contributed by atoms with Crippen molar-refractivity contribution in [3.63, 3.8) is 0 Å². The highest BCUT2D eigenvalue weighted by atomic mass is 35.5. The summed E-state index contributed by atoms with van der Waals surface area (Å²) in [6.07, 6.45) is 0. The maximum absolute atomic E-state index is 13.5. The van der Waals surface area contributed by atoms with E-state index in [4.69, 9.17) is 28.9 Å². The van der Waals surface area contributed by atoms with E-state index in [1.807, 2.05) is 0 Å². The monoisotopic (exact) mass is 466 g/mol. The number of nitrogens with zero attached hydrogens (tertiary/aromatic N) is 1. The van der Waals surface area contributed by atoms with Crippen LogP contribution in [0.25, 0.3) is 0 Å². The Morgan fingerprint density at radius 2 is 1.63 bits per heavy atom. The largest absolute Gasteiger partial charge is 0.368 e. The molecule has 0 saturated heterocycles. The van der Waals surface area contributed by atoms with Gasteiger partial charge in [0.2, 0.25) is 15.9 Å².